The number of nitrogens with one attached hydrogen (secondary N) is 1. The van der Waals surface area contributed by atoms with Crippen molar-refractivity contribution in [3.63, 3.8) is 0 Å². The van der Waals surface area contributed by atoms with E-state index in [-0.39, 0.29) is 5.88 Å². The topological polar surface area (TPSA) is 67.3 Å². The van der Waals surface area contributed by atoms with Crippen molar-refractivity contribution in [2.24, 2.45) is 5.92 Å². The van der Waals surface area contributed by atoms with Gasteiger partial charge in [-0.15, -0.1) is 0 Å². The average Bonchev–Trinajstić information content (AvgIpc) is 3.13. The van der Waals surface area contributed by atoms with Crippen molar-refractivity contribution in [2.75, 3.05) is 18.4 Å². The maximum Gasteiger partial charge on any atom is 0.336 e. The van der Waals surface area contributed by atoms with Crippen molar-refractivity contribution >= 4 is 11.8 Å². The maximum atomic E-state index is 11.2. The number of ether oxygens (including phenoxy) is 1. The molecule has 6 heteroatoms. The van der Waals surface area contributed by atoms with Gasteiger partial charge in [-0.25, -0.2) is 14.8 Å². The molecule has 1 aliphatic carbocycles. The van der Waals surface area contributed by atoms with Crippen molar-refractivity contribution in [2.45, 2.75) is 64.0 Å². The molecule has 2 aliphatic rings. The van der Waals surface area contributed by atoms with Gasteiger partial charge in [-0.2, -0.15) is 0 Å². The van der Waals surface area contributed by atoms with Crippen LogP contribution in [0.4, 0.5) is 5.82 Å². The summed E-state index contributed by atoms with van der Waals surface area (Å²) in [5, 5.41) is 3.47. The van der Waals surface area contributed by atoms with E-state index in [1.54, 1.807) is 6.20 Å². The van der Waals surface area contributed by atoms with Crippen molar-refractivity contribution in [3.05, 3.63) is 25.0 Å². The number of hydrogen-bond donors (Lipinski definition) is 1. The molecule has 0 aromatic carbocycles. The minimum atomic E-state index is -0.528. The van der Waals surface area contributed by atoms with E-state index in [1.165, 1.54) is 44.7 Å². The van der Waals surface area contributed by atoms with E-state index < -0.39 is 5.97 Å². The molecule has 26 heavy (non-hydrogen) atoms. The summed E-state index contributed by atoms with van der Waals surface area (Å²) in [5.41, 5.74) is 0. The Morgan fingerprint density at radius 1 is 1.35 bits per heavy atom. The van der Waals surface area contributed by atoms with Crippen LogP contribution in [0.5, 0.6) is 5.88 Å². The molecule has 1 unspecified atom stereocenters. The fourth-order valence-electron chi connectivity index (χ4n) is 4.41. The lowest BCUT2D eigenvalue weighted by molar-refractivity contribution is -0.129. The number of nitrogens with zero attached hydrogens (tertiary/aromatic N) is 3. The number of rotatable bonds is 7. The maximum absolute atomic E-state index is 11.2. The number of carbonyl (C=O) groups excluding carboxylic acids is 1. The van der Waals surface area contributed by atoms with Gasteiger partial charge in [0.05, 0.1) is 12.4 Å². The zero-order valence-electron chi connectivity index (χ0n) is 15.7. The van der Waals surface area contributed by atoms with Crippen LogP contribution < -0.4 is 10.1 Å². The number of likely N-dealkylation sites (tertiary alicyclic amines) is 1. The van der Waals surface area contributed by atoms with Crippen LogP contribution in [0.3, 0.4) is 0 Å². The SMILES string of the molecule is C=CC(=O)Oc1cnc(N[C@@H]2CCN(C(CC)C3CCCCC3)C2)cn1. The van der Waals surface area contributed by atoms with Crippen molar-refractivity contribution in [1.82, 2.24) is 14.9 Å². The van der Waals surface area contributed by atoms with Gasteiger partial charge in [0.2, 0.25) is 5.88 Å². The molecule has 0 radical (unpaired) electrons. The lowest BCUT2D eigenvalue weighted by Gasteiger charge is -2.36. The van der Waals surface area contributed by atoms with Gasteiger partial charge in [-0.3, -0.25) is 4.90 Å². The van der Waals surface area contributed by atoms with Crippen LogP contribution in [0.2, 0.25) is 0 Å². The third-order valence-corrected chi connectivity index (χ3v) is 5.65. The van der Waals surface area contributed by atoms with E-state index in [4.69, 9.17) is 4.74 Å². The summed E-state index contributed by atoms with van der Waals surface area (Å²) in [6, 6.07) is 1.11. The second kappa shape index (κ2) is 9.12. The molecule has 142 valence electrons. The van der Waals surface area contributed by atoms with Gasteiger partial charge in [-0.1, -0.05) is 32.8 Å². The summed E-state index contributed by atoms with van der Waals surface area (Å²) >= 11 is 0. The summed E-state index contributed by atoms with van der Waals surface area (Å²) < 4.78 is 4.95. The summed E-state index contributed by atoms with van der Waals surface area (Å²) in [4.78, 5) is 22.3. The van der Waals surface area contributed by atoms with Gasteiger partial charge in [0.15, 0.2) is 0 Å². The van der Waals surface area contributed by atoms with Crippen LogP contribution in [0.15, 0.2) is 25.0 Å². The number of esters is 1. The molecule has 1 aliphatic heterocycles. The van der Waals surface area contributed by atoms with Crippen LogP contribution in [-0.4, -0.2) is 46.0 Å². The van der Waals surface area contributed by atoms with Gasteiger partial charge in [0, 0.05) is 31.2 Å². The molecule has 0 bridgehead atoms. The molecule has 3 rings (SSSR count). The molecule has 1 N–H and O–H groups in total. The first-order valence-corrected chi connectivity index (χ1v) is 9.86. The minimum Gasteiger partial charge on any atom is -0.403 e. The Kier molecular flexibility index (Phi) is 6.61. The van der Waals surface area contributed by atoms with Gasteiger partial charge in [0.1, 0.15) is 5.82 Å². The Hall–Kier alpha value is -1.95. The first-order valence-electron chi connectivity index (χ1n) is 9.86. The van der Waals surface area contributed by atoms with Crippen LogP contribution in [0.1, 0.15) is 51.9 Å². The third kappa shape index (κ3) is 4.81. The fourth-order valence-corrected chi connectivity index (χ4v) is 4.41. The van der Waals surface area contributed by atoms with Gasteiger partial charge in [0.25, 0.3) is 0 Å². The van der Waals surface area contributed by atoms with Crippen LogP contribution in [0, 0.1) is 5.92 Å². The summed E-state index contributed by atoms with van der Waals surface area (Å²) in [7, 11) is 0. The first kappa shape index (κ1) is 18.8. The van der Waals surface area contributed by atoms with Crippen molar-refractivity contribution < 1.29 is 9.53 Å². The standard InChI is InChI=1S/C20H30N4O2/c1-3-17(15-8-6-5-7-9-15)24-11-10-16(14-24)23-18-12-22-19(13-21-18)26-20(25)4-2/h4,12-13,15-17H,2-3,5-11,14H2,1H3,(H,21,23)/t16-,17?/m1/s1. The molecule has 1 aromatic heterocycles. The predicted octanol–water partition coefficient (Wildman–Crippen LogP) is 3.41. The van der Waals surface area contributed by atoms with E-state index in [0.717, 1.165) is 37.3 Å². The molecule has 1 saturated carbocycles. The van der Waals surface area contributed by atoms with Crippen LogP contribution in [-0.2, 0) is 4.79 Å². The highest BCUT2D eigenvalue weighted by molar-refractivity contribution is 5.83. The Balaban J connectivity index is 1.52. The summed E-state index contributed by atoms with van der Waals surface area (Å²) in [6.45, 7) is 7.90. The number of anilines is 1. The third-order valence-electron chi connectivity index (χ3n) is 5.65. The largest absolute Gasteiger partial charge is 0.403 e. The van der Waals surface area contributed by atoms with Crippen LogP contribution >= 0.6 is 0 Å². The quantitative estimate of drug-likeness (QED) is 0.595. The molecule has 0 spiro atoms. The summed E-state index contributed by atoms with van der Waals surface area (Å²) in [6.07, 6.45) is 13.5. The first-order chi connectivity index (χ1) is 12.7. The monoisotopic (exact) mass is 358 g/mol. The van der Waals surface area contributed by atoms with E-state index in [1.807, 2.05) is 0 Å². The molecule has 1 saturated heterocycles. The highest BCUT2D eigenvalue weighted by Gasteiger charge is 2.32. The Morgan fingerprint density at radius 3 is 2.81 bits per heavy atom. The molecule has 6 nitrogen and oxygen atoms in total. The second-order valence-electron chi connectivity index (χ2n) is 7.36. The molecule has 2 atom stereocenters. The Morgan fingerprint density at radius 2 is 2.15 bits per heavy atom. The van der Waals surface area contributed by atoms with Gasteiger partial charge in [-0.05, 0) is 31.6 Å². The molecular weight excluding hydrogens is 328 g/mol. The molecule has 1 aromatic rings. The zero-order valence-corrected chi connectivity index (χ0v) is 15.7. The lowest BCUT2D eigenvalue weighted by Crippen LogP contribution is -2.40. The minimum absolute atomic E-state index is 0.192. The molecule has 0 amide bonds. The number of hydrogen-bond acceptors (Lipinski definition) is 6. The molecule has 2 fully saturated rings. The smallest absolute Gasteiger partial charge is 0.336 e. The lowest BCUT2D eigenvalue weighted by atomic mass is 9.82. The van der Waals surface area contributed by atoms with E-state index >= 15 is 0 Å². The fraction of sp³-hybridized carbons (Fsp3) is 0.650. The van der Waals surface area contributed by atoms with E-state index in [9.17, 15) is 4.79 Å². The van der Waals surface area contributed by atoms with E-state index in [0.29, 0.717) is 12.1 Å². The predicted molar refractivity (Wildman–Crippen MR) is 102 cm³/mol. The van der Waals surface area contributed by atoms with E-state index in [2.05, 4.69) is 33.7 Å². The zero-order chi connectivity index (χ0) is 18.4. The molecule has 2 heterocycles. The highest BCUT2D eigenvalue weighted by Crippen LogP contribution is 2.32. The van der Waals surface area contributed by atoms with Gasteiger partial charge < -0.3 is 10.1 Å². The second-order valence-corrected chi connectivity index (χ2v) is 7.36. The van der Waals surface area contributed by atoms with Crippen molar-refractivity contribution in [3.8, 4) is 5.88 Å². The van der Waals surface area contributed by atoms with Gasteiger partial charge >= 0.3 is 5.97 Å². The number of aromatic nitrogens is 2. The Bertz CT molecular complexity index is 598. The number of carbonyl (C=O) groups is 1. The average molecular weight is 358 g/mol. The van der Waals surface area contributed by atoms with Crippen molar-refractivity contribution in [1.29, 1.82) is 0 Å². The van der Waals surface area contributed by atoms with Crippen LogP contribution in [0.25, 0.3) is 0 Å². The molecular formula is C20H30N4O2. The Labute approximate surface area is 156 Å². The summed E-state index contributed by atoms with van der Waals surface area (Å²) in [5.74, 6) is 1.25. The normalized spacial score (nSPS) is 22.7. The highest BCUT2D eigenvalue weighted by atomic mass is 16.5.